The molecule has 0 radical (unpaired) electrons. The normalized spacial score (nSPS) is 19.2. The first-order valence-electron chi connectivity index (χ1n) is 8.25. The van der Waals surface area contributed by atoms with Gasteiger partial charge in [-0.05, 0) is 63.4 Å². The molecule has 122 valence electrons. The van der Waals surface area contributed by atoms with Crippen LogP contribution in [0.1, 0.15) is 56.5 Å². The Hall–Kier alpha value is -1.45. The predicted molar refractivity (Wildman–Crippen MR) is 94.7 cm³/mol. The second-order valence-corrected chi connectivity index (χ2v) is 7.70. The quantitative estimate of drug-likeness (QED) is 0.820. The van der Waals surface area contributed by atoms with E-state index in [9.17, 15) is 0 Å². The van der Waals surface area contributed by atoms with Gasteiger partial charge in [0.15, 0.2) is 0 Å². The fourth-order valence-corrected chi connectivity index (χ4v) is 3.61. The fraction of sp³-hybridized carbons (Fsp3) is 0.474. The topological polar surface area (TPSA) is 29.0 Å². The van der Waals surface area contributed by atoms with Crippen LogP contribution in [0.2, 0.25) is 5.02 Å². The summed E-state index contributed by atoms with van der Waals surface area (Å²) in [6.45, 7) is 7.99. The third kappa shape index (κ3) is 3.73. The summed E-state index contributed by atoms with van der Waals surface area (Å²) >= 11 is 5.99. The molecular formula is C19H24ClN3. The Bertz CT molecular complexity index is 661. The third-order valence-electron chi connectivity index (χ3n) is 4.56. The second-order valence-electron chi connectivity index (χ2n) is 7.26. The van der Waals surface area contributed by atoms with Crippen molar-refractivity contribution in [2.45, 2.75) is 51.6 Å². The highest BCUT2D eigenvalue weighted by molar-refractivity contribution is 6.30. The van der Waals surface area contributed by atoms with Gasteiger partial charge in [0.25, 0.3) is 0 Å². The highest BCUT2D eigenvalue weighted by Gasteiger charge is 2.35. The van der Waals surface area contributed by atoms with Gasteiger partial charge in [0.1, 0.15) is 6.33 Å². The Balaban J connectivity index is 1.90. The van der Waals surface area contributed by atoms with Crippen LogP contribution in [0.3, 0.4) is 0 Å². The average molecular weight is 330 g/mol. The molecule has 0 saturated carbocycles. The number of halogens is 1. The molecule has 0 aliphatic carbocycles. The van der Waals surface area contributed by atoms with E-state index in [-0.39, 0.29) is 5.54 Å². The van der Waals surface area contributed by atoms with Crippen molar-refractivity contribution in [3.8, 4) is 0 Å². The molecule has 0 N–H and O–H groups in total. The van der Waals surface area contributed by atoms with E-state index in [0.717, 1.165) is 18.0 Å². The Kier molecular flexibility index (Phi) is 4.69. The van der Waals surface area contributed by atoms with Gasteiger partial charge < -0.3 is 0 Å². The summed E-state index contributed by atoms with van der Waals surface area (Å²) in [7, 11) is 0. The molecule has 1 fully saturated rings. The number of likely N-dealkylation sites (tertiary alicyclic amines) is 1. The zero-order chi connectivity index (χ0) is 16.4. The van der Waals surface area contributed by atoms with Crippen molar-refractivity contribution in [2.24, 2.45) is 0 Å². The molecule has 0 spiro atoms. The van der Waals surface area contributed by atoms with Crippen molar-refractivity contribution in [2.75, 3.05) is 6.54 Å². The molecule has 4 heteroatoms. The number of rotatable bonds is 3. The molecule has 1 aromatic heterocycles. The number of hydrogen-bond donors (Lipinski definition) is 0. The maximum Gasteiger partial charge on any atom is 0.115 e. The van der Waals surface area contributed by atoms with Gasteiger partial charge in [0, 0.05) is 23.2 Å². The third-order valence-corrected chi connectivity index (χ3v) is 4.81. The molecule has 2 aromatic rings. The summed E-state index contributed by atoms with van der Waals surface area (Å²) < 4.78 is 0. The molecule has 1 aliphatic heterocycles. The second kappa shape index (κ2) is 6.58. The molecule has 0 unspecified atom stereocenters. The largest absolute Gasteiger partial charge is 0.290 e. The summed E-state index contributed by atoms with van der Waals surface area (Å²) in [5, 5.41) is 0.771. The van der Waals surface area contributed by atoms with Crippen LogP contribution in [0.5, 0.6) is 0 Å². The van der Waals surface area contributed by atoms with Gasteiger partial charge in [-0.1, -0.05) is 23.7 Å². The summed E-state index contributed by atoms with van der Waals surface area (Å²) in [5.74, 6) is 0. The monoisotopic (exact) mass is 329 g/mol. The van der Waals surface area contributed by atoms with Crippen molar-refractivity contribution in [3.05, 3.63) is 58.6 Å². The number of hydrogen-bond acceptors (Lipinski definition) is 3. The Morgan fingerprint density at radius 1 is 1.22 bits per heavy atom. The van der Waals surface area contributed by atoms with Gasteiger partial charge in [-0.25, -0.2) is 9.97 Å². The first kappa shape index (κ1) is 16.4. The van der Waals surface area contributed by atoms with Crippen LogP contribution in [0.4, 0.5) is 0 Å². The molecular weight excluding hydrogens is 306 g/mol. The van der Waals surface area contributed by atoms with E-state index < -0.39 is 0 Å². The maximum atomic E-state index is 5.99. The zero-order valence-corrected chi connectivity index (χ0v) is 14.8. The summed E-state index contributed by atoms with van der Waals surface area (Å²) in [6, 6.07) is 8.43. The standard InChI is InChI=1S/C19H24ClN3/c1-19(2,3)23-10-4-5-17(23)18-15(12-21-13-22-18)11-14-6-8-16(20)9-7-14/h6-9,12-13,17H,4-5,10-11H2,1-3H3/t17-/m1/s1. The predicted octanol–water partition coefficient (Wildman–Crippen LogP) is 4.66. The first-order chi connectivity index (χ1) is 10.9. The Labute approximate surface area is 143 Å². The van der Waals surface area contributed by atoms with Gasteiger partial charge in [0.05, 0.1) is 11.7 Å². The van der Waals surface area contributed by atoms with E-state index in [1.54, 1.807) is 6.33 Å². The first-order valence-corrected chi connectivity index (χ1v) is 8.63. The Morgan fingerprint density at radius 3 is 2.65 bits per heavy atom. The van der Waals surface area contributed by atoms with Gasteiger partial charge in [-0.3, -0.25) is 4.90 Å². The van der Waals surface area contributed by atoms with Crippen LogP contribution in [-0.2, 0) is 6.42 Å². The Morgan fingerprint density at radius 2 is 1.96 bits per heavy atom. The number of benzene rings is 1. The van der Waals surface area contributed by atoms with Crippen molar-refractivity contribution in [1.82, 2.24) is 14.9 Å². The van der Waals surface area contributed by atoms with Crippen LogP contribution in [0, 0.1) is 0 Å². The van der Waals surface area contributed by atoms with Gasteiger partial charge in [0.2, 0.25) is 0 Å². The van der Waals surface area contributed by atoms with Crippen molar-refractivity contribution < 1.29 is 0 Å². The molecule has 0 bridgehead atoms. The van der Waals surface area contributed by atoms with Crippen molar-refractivity contribution >= 4 is 11.6 Å². The van der Waals surface area contributed by atoms with Gasteiger partial charge >= 0.3 is 0 Å². The summed E-state index contributed by atoms with van der Waals surface area (Å²) in [4.78, 5) is 11.5. The molecule has 23 heavy (non-hydrogen) atoms. The van der Waals surface area contributed by atoms with E-state index in [4.69, 9.17) is 11.6 Å². The maximum absolute atomic E-state index is 5.99. The average Bonchev–Trinajstić information content (AvgIpc) is 3.00. The lowest BCUT2D eigenvalue weighted by Gasteiger charge is -2.37. The molecule has 2 heterocycles. The van der Waals surface area contributed by atoms with E-state index in [1.807, 2.05) is 18.3 Å². The zero-order valence-electron chi connectivity index (χ0n) is 14.1. The SMILES string of the molecule is CC(C)(C)N1CCC[C@@H]1c1ncncc1Cc1ccc(Cl)cc1. The molecule has 1 saturated heterocycles. The lowest BCUT2D eigenvalue weighted by molar-refractivity contribution is 0.119. The molecule has 3 nitrogen and oxygen atoms in total. The number of aromatic nitrogens is 2. The highest BCUT2D eigenvalue weighted by atomic mass is 35.5. The van der Waals surface area contributed by atoms with E-state index in [0.29, 0.717) is 6.04 Å². The van der Waals surface area contributed by atoms with Gasteiger partial charge in [-0.2, -0.15) is 0 Å². The summed E-state index contributed by atoms with van der Waals surface area (Å²) in [5.41, 5.74) is 3.80. The van der Waals surface area contributed by atoms with Crippen LogP contribution >= 0.6 is 11.6 Å². The number of nitrogens with zero attached hydrogens (tertiary/aromatic N) is 3. The lowest BCUT2D eigenvalue weighted by atomic mass is 9.97. The smallest absolute Gasteiger partial charge is 0.115 e. The van der Waals surface area contributed by atoms with Crippen molar-refractivity contribution in [3.63, 3.8) is 0 Å². The lowest BCUT2D eigenvalue weighted by Crippen LogP contribution is -2.41. The highest BCUT2D eigenvalue weighted by Crippen LogP contribution is 2.37. The molecule has 1 aromatic carbocycles. The van der Waals surface area contributed by atoms with E-state index in [1.165, 1.54) is 29.7 Å². The van der Waals surface area contributed by atoms with E-state index in [2.05, 4.69) is 47.8 Å². The molecule has 0 amide bonds. The van der Waals surface area contributed by atoms with Crippen molar-refractivity contribution in [1.29, 1.82) is 0 Å². The van der Waals surface area contributed by atoms with Crippen LogP contribution < -0.4 is 0 Å². The summed E-state index contributed by atoms with van der Waals surface area (Å²) in [6.07, 6.45) is 6.89. The molecule has 1 aliphatic rings. The minimum atomic E-state index is 0.156. The molecule has 1 atom stereocenters. The minimum Gasteiger partial charge on any atom is -0.290 e. The van der Waals surface area contributed by atoms with E-state index >= 15 is 0 Å². The molecule has 3 rings (SSSR count). The fourth-order valence-electron chi connectivity index (χ4n) is 3.48. The van der Waals surface area contributed by atoms with Crippen LogP contribution in [0.25, 0.3) is 0 Å². The van der Waals surface area contributed by atoms with Gasteiger partial charge in [-0.15, -0.1) is 0 Å². The minimum absolute atomic E-state index is 0.156. The van der Waals surface area contributed by atoms with Crippen LogP contribution in [-0.4, -0.2) is 27.0 Å². The van der Waals surface area contributed by atoms with Crippen LogP contribution in [0.15, 0.2) is 36.8 Å².